The van der Waals surface area contributed by atoms with Crippen LogP contribution in [0.3, 0.4) is 0 Å². The van der Waals surface area contributed by atoms with Gasteiger partial charge in [0.25, 0.3) is 0 Å². The van der Waals surface area contributed by atoms with Crippen LogP contribution in [0.4, 0.5) is 0 Å². The summed E-state index contributed by atoms with van der Waals surface area (Å²) in [6.45, 7) is 8.48. The van der Waals surface area contributed by atoms with Gasteiger partial charge in [0.1, 0.15) is 11.5 Å². The zero-order valence-corrected chi connectivity index (χ0v) is 12.8. The van der Waals surface area contributed by atoms with E-state index in [9.17, 15) is 4.79 Å². The Morgan fingerprint density at radius 2 is 1.67 bits per heavy atom. The summed E-state index contributed by atoms with van der Waals surface area (Å²) in [5, 5.41) is 8.91. The van der Waals surface area contributed by atoms with E-state index in [0.717, 1.165) is 11.3 Å². The van der Waals surface area contributed by atoms with Gasteiger partial charge >= 0.3 is 5.97 Å². The fourth-order valence-electron chi connectivity index (χ4n) is 2.11. The van der Waals surface area contributed by atoms with Crippen LogP contribution in [-0.2, 0) is 5.41 Å². The second kappa shape index (κ2) is 5.60. The molecular formula is C18H20O3. The molecule has 0 aromatic heterocycles. The molecule has 0 heterocycles. The second-order valence-corrected chi connectivity index (χ2v) is 6.18. The minimum Gasteiger partial charge on any atom is -0.478 e. The predicted molar refractivity (Wildman–Crippen MR) is 83.4 cm³/mol. The first-order valence-electron chi connectivity index (χ1n) is 6.90. The van der Waals surface area contributed by atoms with E-state index >= 15 is 0 Å². The molecule has 1 N–H and O–H groups in total. The quantitative estimate of drug-likeness (QED) is 0.882. The number of ether oxygens (including phenoxy) is 1. The van der Waals surface area contributed by atoms with Crippen molar-refractivity contribution in [3.05, 3.63) is 59.2 Å². The summed E-state index contributed by atoms with van der Waals surface area (Å²) in [6.07, 6.45) is 0. The van der Waals surface area contributed by atoms with Gasteiger partial charge in [0.15, 0.2) is 0 Å². The molecule has 2 aromatic carbocycles. The van der Waals surface area contributed by atoms with E-state index in [1.807, 2.05) is 12.1 Å². The summed E-state index contributed by atoms with van der Waals surface area (Å²) in [7, 11) is 0. The molecular weight excluding hydrogens is 264 g/mol. The van der Waals surface area contributed by atoms with E-state index in [4.69, 9.17) is 9.84 Å². The zero-order chi connectivity index (χ0) is 15.6. The van der Waals surface area contributed by atoms with Gasteiger partial charge in [-0.25, -0.2) is 4.79 Å². The third-order valence-corrected chi connectivity index (χ3v) is 3.27. The molecule has 3 heteroatoms. The summed E-state index contributed by atoms with van der Waals surface area (Å²) >= 11 is 0. The predicted octanol–water partition coefficient (Wildman–Crippen LogP) is 4.78. The summed E-state index contributed by atoms with van der Waals surface area (Å²) in [4.78, 5) is 10.9. The highest BCUT2D eigenvalue weighted by atomic mass is 16.5. The van der Waals surface area contributed by atoms with Crippen LogP contribution in [0.5, 0.6) is 11.5 Å². The number of aryl methyl sites for hydroxylation is 1. The van der Waals surface area contributed by atoms with Crippen LogP contribution in [0.1, 0.15) is 42.3 Å². The second-order valence-electron chi connectivity index (χ2n) is 6.18. The Labute approximate surface area is 125 Å². The number of carboxylic acids is 1. The van der Waals surface area contributed by atoms with Gasteiger partial charge in [0.2, 0.25) is 0 Å². The van der Waals surface area contributed by atoms with E-state index in [2.05, 4.69) is 33.8 Å². The monoisotopic (exact) mass is 284 g/mol. The van der Waals surface area contributed by atoms with E-state index in [0.29, 0.717) is 5.75 Å². The van der Waals surface area contributed by atoms with Crippen molar-refractivity contribution in [2.45, 2.75) is 33.1 Å². The molecule has 0 saturated carbocycles. The largest absolute Gasteiger partial charge is 0.478 e. The normalized spacial score (nSPS) is 11.2. The van der Waals surface area contributed by atoms with Crippen molar-refractivity contribution in [1.29, 1.82) is 0 Å². The van der Waals surface area contributed by atoms with Crippen LogP contribution in [0.15, 0.2) is 42.5 Å². The van der Waals surface area contributed by atoms with Crippen LogP contribution >= 0.6 is 0 Å². The molecule has 21 heavy (non-hydrogen) atoms. The van der Waals surface area contributed by atoms with E-state index in [-0.39, 0.29) is 11.0 Å². The van der Waals surface area contributed by atoms with Crippen LogP contribution in [0.2, 0.25) is 0 Å². The van der Waals surface area contributed by atoms with Crippen LogP contribution in [0.25, 0.3) is 0 Å². The highest BCUT2D eigenvalue weighted by Gasteiger charge is 2.19. The summed E-state index contributed by atoms with van der Waals surface area (Å²) in [5.74, 6) is 0.498. The summed E-state index contributed by atoms with van der Waals surface area (Å²) in [5.41, 5.74) is 2.54. The Hall–Kier alpha value is -2.29. The molecule has 0 aliphatic carbocycles. The molecule has 0 spiro atoms. The van der Waals surface area contributed by atoms with Gasteiger partial charge in [-0.05, 0) is 42.7 Å². The van der Waals surface area contributed by atoms with Crippen molar-refractivity contribution in [2.75, 3.05) is 0 Å². The number of aromatic carboxylic acids is 1. The maximum atomic E-state index is 10.9. The standard InChI is InChI=1S/C18H20O3/c1-12-5-10-16(15(11-12)18(2,3)4)21-14-8-6-13(7-9-14)17(19)20/h5-11H,1-4H3,(H,19,20). The van der Waals surface area contributed by atoms with Crippen molar-refractivity contribution in [1.82, 2.24) is 0 Å². The Balaban J connectivity index is 2.33. The molecule has 110 valence electrons. The summed E-state index contributed by atoms with van der Waals surface area (Å²) in [6, 6.07) is 12.5. The molecule has 0 bridgehead atoms. The fraction of sp³-hybridized carbons (Fsp3) is 0.278. The molecule has 0 aliphatic heterocycles. The Bertz CT molecular complexity index is 649. The molecule has 2 aromatic rings. The first kappa shape index (κ1) is 15.1. The first-order valence-corrected chi connectivity index (χ1v) is 6.90. The van der Waals surface area contributed by atoms with Gasteiger partial charge in [-0.1, -0.05) is 38.5 Å². The van der Waals surface area contributed by atoms with Gasteiger partial charge in [0.05, 0.1) is 5.56 Å². The van der Waals surface area contributed by atoms with Crippen LogP contribution < -0.4 is 4.74 Å². The van der Waals surface area contributed by atoms with E-state index < -0.39 is 5.97 Å². The minimum absolute atomic E-state index is 0.0254. The van der Waals surface area contributed by atoms with Gasteiger partial charge in [-0.3, -0.25) is 0 Å². The highest BCUT2D eigenvalue weighted by Crippen LogP contribution is 2.34. The zero-order valence-electron chi connectivity index (χ0n) is 12.8. The van der Waals surface area contributed by atoms with Gasteiger partial charge in [0, 0.05) is 5.56 Å². The van der Waals surface area contributed by atoms with Crippen LogP contribution in [0, 0.1) is 6.92 Å². The Kier molecular flexibility index (Phi) is 4.03. The molecule has 0 saturated heterocycles. The van der Waals surface area contributed by atoms with Gasteiger partial charge in [-0.15, -0.1) is 0 Å². The molecule has 0 unspecified atom stereocenters. The van der Waals surface area contributed by atoms with Crippen molar-refractivity contribution < 1.29 is 14.6 Å². The summed E-state index contributed by atoms with van der Waals surface area (Å²) < 4.78 is 5.93. The first-order chi connectivity index (χ1) is 9.77. The third-order valence-electron chi connectivity index (χ3n) is 3.27. The molecule has 0 aliphatic rings. The van der Waals surface area contributed by atoms with E-state index in [1.165, 1.54) is 5.56 Å². The lowest BCUT2D eigenvalue weighted by atomic mass is 9.85. The van der Waals surface area contributed by atoms with Crippen molar-refractivity contribution >= 4 is 5.97 Å². The molecule has 0 amide bonds. The number of hydrogen-bond acceptors (Lipinski definition) is 2. The topological polar surface area (TPSA) is 46.5 Å². The molecule has 2 rings (SSSR count). The number of hydrogen-bond donors (Lipinski definition) is 1. The number of carbonyl (C=O) groups is 1. The SMILES string of the molecule is Cc1ccc(Oc2ccc(C(=O)O)cc2)c(C(C)(C)C)c1. The lowest BCUT2D eigenvalue weighted by molar-refractivity contribution is 0.0697. The average Bonchev–Trinajstić information content (AvgIpc) is 2.40. The third kappa shape index (κ3) is 3.63. The van der Waals surface area contributed by atoms with Gasteiger partial charge < -0.3 is 9.84 Å². The number of rotatable bonds is 3. The van der Waals surface area contributed by atoms with Crippen molar-refractivity contribution in [2.24, 2.45) is 0 Å². The lowest BCUT2D eigenvalue weighted by Crippen LogP contribution is -2.12. The lowest BCUT2D eigenvalue weighted by Gasteiger charge is -2.23. The maximum Gasteiger partial charge on any atom is 0.335 e. The highest BCUT2D eigenvalue weighted by molar-refractivity contribution is 5.87. The van der Waals surface area contributed by atoms with Crippen molar-refractivity contribution in [3.63, 3.8) is 0 Å². The number of carboxylic acid groups (broad SMARTS) is 1. The molecule has 0 atom stereocenters. The van der Waals surface area contributed by atoms with Gasteiger partial charge in [-0.2, -0.15) is 0 Å². The average molecular weight is 284 g/mol. The molecule has 3 nitrogen and oxygen atoms in total. The Morgan fingerprint density at radius 1 is 1.05 bits per heavy atom. The minimum atomic E-state index is -0.938. The fourth-order valence-corrected chi connectivity index (χ4v) is 2.11. The number of benzene rings is 2. The van der Waals surface area contributed by atoms with E-state index in [1.54, 1.807) is 24.3 Å². The van der Waals surface area contributed by atoms with Crippen molar-refractivity contribution in [3.8, 4) is 11.5 Å². The Morgan fingerprint density at radius 3 is 2.19 bits per heavy atom. The molecule has 0 radical (unpaired) electrons. The smallest absolute Gasteiger partial charge is 0.335 e. The maximum absolute atomic E-state index is 10.9. The molecule has 0 fully saturated rings. The van der Waals surface area contributed by atoms with Crippen LogP contribution in [-0.4, -0.2) is 11.1 Å².